The summed E-state index contributed by atoms with van der Waals surface area (Å²) < 4.78 is 16.3. The molecule has 4 rings (SSSR count). The SMILES string of the molecule is CCOC(=O)C1CCN(CC(=O)N2N=C(c3ccc(C)c(C)c3)C[C@H]2c2cc(OC)ccc2OC)CC1. The van der Waals surface area contributed by atoms with E-state index in [9.17, 15) is 9.59 Å². The van der Waals surface area contributed by atoms with Crippen LogP contribution in [0.15, 0.2) is 41.5 Å². The number of hydrazone groups is 1. The molecule has 2 aliphatic rings. The Morgan fingerprint density at radius 2 is 1.76 bits per heavy atom. The number of methoxy groups -OCH3 is 2. The smallest absolute Gasteiger partial charge is 0.309 e. The van der Waals surface area contributed by atoms with E-state index in [0.29, 0.717) is 50.5 Å². The van der Waals surface area contributed by atoms with E-state index in [1.807, 2.05) is 25.1 Å². The number of rotatable bonds is 8. The highest BCUT2D eigenvalue weighted by atomic mass is 16.5. The zero-order valence-electron chi connectivity index (χ0n) is 22.5. The van der Waals surface area contributed by atoms with Gasteiger partial charge in [0.25, 0.3) is 5.91 Å². The number of amides is 1. The Morgan fingerprint density at radius 1 is 1.00 bits per heavy atom. The molecule has 0 bridgehead atoms. The van der Waals surface area contributed by atoms with E-state index < -0.39 is 0 Å². The van der Waals surface area contributed by atoms with Crippen LogP contribution in [0.5, 0.6) is 11.5 Å². The molecule has 0 aliphatic carbocycles. The molecule has 1 fully saturated rings. The highest BCUT2D eigenvalue weighted by molar-refractivity contribution is 6.03. The van der Waals surface area contributed by atoms with Crippen molar-refractivity contribution < 1.29 is 23.8 Å². The van der Waals surface area contributed by atoms with Gasteiger partial charge in [0.15, 0.2) is 0 Å². The molecule has 0 N–H and O–H groups in total. The molecule has 0 unspecified atom stereocenters. The van der Waals surface area contributed by atoms with Crippen LogP contribution in [0.2, 0.25) is 0 Å². The summed E-state index contributed by atoms with van der Waals surface area (Å²) in [5, 5.41) is 6.46. The number of nitrogens with zero attached hydrogens (tertiary/aromatic N) is 3. The lowest BCUT2D eigenvalue weighted by Gasteiger charge is -2.32. The zero-order chi connectivity index (χ0) is 26.5. The molecule has 2 aromatic carbocycles. The maximum atomic E-state index is 13.7. The molecule has 1 atom stereocenters. The van der Waals surface area contributed by atoms with Gasteiger partial charge in [0, 0.05) is 12.0 Å². The Morgan fingerprint density at radius 3 is 2.41 bits per heavy atom. The van der Waals surface area contributed by atoms with Crippen LogP contribution in [-0.2, 0) is 14.3 Å². The molecule has 1 amide bonds. The van der Waals surface area contributed by atoms with E-state index in [1.54, 1.807) is 19.2 Å². The van der Waals surface area contributed by atoms with Gasteiger partial charge in [-0.05, 0) is 87.7 Å². The first-order valence-corrected chi connectivity index (χ1v) is 12.9. The van der Waals surface area contributed by atoms with E-state index in [0.717, 1.165) is 16.8 Å². The van der Waals surface area contributed by atoms with Gasteiger partial charge in [0.05, 0.1) is 45.0 Å². The molecule has 0 radical (unpaired) electrons. The van der Waals surface area contributed by atoms with Gasteiger partial charge in [-0.15, -0.1) is 0 Å². The summed E-state index contributed by atoms with van der Waals surface area (Å²) in [4.78, 5) is 27.9. The van der Waals surface area contributed by atoms with Crippen LogP contribution in [0.1, 0.15) is 54.5 Å². The van der Waals surface area contributed by atoms with Gasteiger partial charge in [0.2, 0.25) is 0 Å². The normalized spacial score (nSPS) is 18.5. The summed E-state index contributed by atoms with van der Waals surface area (Å²) in [5.74, 6) is 1.07. The minimum Gasteiger partial charge on any atom is -0.497 e. The Balaban J connectivity index is 1.58. The first kappa shape index (κ1) is 26.7. The van der Waals surface area contributed by atoms with Crippen LogP contribution in [0.3, 0.4) is 0 Å². The second-order valence-electron chi connectivity index (χ2n) is 9.71. The van der Waals surface area contributed by atoms with Crippen LogP contribution in [0.4, 0.5) is 0 Å². The van der Waals surface area contributed by atoms with Crippen LogP contribution >= 0.6 is 0 Å². The van der Waals surface area contributed by atoms with Crippen molar-refractivity contribution in [3.05, 3.63) is 58.7 Å². The van der Waals surface area contributed by atoms with Crippen LogP contribution < -0.4 is 9.47 Å². The molecule has 8 heteroatoms. The zero-order valence-corrected chi connectivity index (χ0v) is 22.5. The highest BCUT2D eigenvalue weighted by Gasteiger charge is 2.36. The molecular formula is C29H37N3O5. The third kappa shape index (κ3) is 5.96. The Kier molecular flexibility index (Phi) is 8.48. The maximum absolute atomic E-state index is 13.7. The standard InChI is InChI=1S/C29H37N3O5/c1-6-37-29(34)21-11-13-31(14-12-21)18-28(33)32-26(24-16-23(35-4)9-10-27(24)36-5)17-25(30-32)22-8-7-19(2)20(3)15-22/h7-10,15-16,21,26H,6,11-14,17-18H2,1-5H3/t26-/m0/s1. The molecule has 0 spiro atoms. The number of esters is 1. The molecule has 2 aliphatic heterocycles. The van der Waals surface area contributed by atoms with E-state index in [2.05, 4.69) is 36.9 Å². The number of carbonyl (C=O) groups is 2. The maximum Gasteiger partial charge on any atom is 0.309 e. The number of likely N-dealkylation sites (tertiary alicyclic amines) is 1. The summed E-state index contributed by atoms with van der Waals surface area (Å²) in [7, 11) is 3.26. The first-order valence-electron chi connectivity index (χ1n) is 12.9. The minimum absolute atomic E-state index is 0.0803. The van der Waals surface area contributed by atoms with E-state index in [1.165, 1.54) is 11.1 Å². The van der Waals surface area contributed by atoms with Crippen molar-refractivity contribution in [1.82, 2.24) is 9.91 Å². The first-order chi connectivity index (χ1) is 17.8. The van der Waals surface area contributed by atoms with Crippen molar-refractivity contribution in [2.24, 2.45) is 11.0 Å². The minimum atomic E-state index is -0.314. The number of aryl methyl sites for hydroxylation is 2. The van der Waals surface area contributed by atoms with Gasteiger partial charge >= 0.3 is 5.97 Å². The summed E-state index contributed by atoms with van der Waals surface area (Å²) in [6.07, 6.45) is 1.95. The topological polar surface area (TPSA) is 80.7 Å². The number of carbonyl (C=O) groups excluding carboxylic acids is 2. The molecule has 0 aromatic heterocycles. The van der Waals surface area contributed by atoms with Crippen LogP contribution in [0, 0.1) is 19.8 Å². The van der Waals surface area contributed by atoms with Crippen molar-refractivity contribution in [2.45, 2.75) is 46.1 Å². The van der Waals surface area contributed by atoms with Gasteiger partial charge in [-0.25, -0.2) is 5.01 Å². The van der Waals surface area contributed by atoms with E-state index in [4.69, 9.17) is 19.3 Å². The lowest BCUT2D eigenvalue weighted by atomic mass is 9.95. The second-order valence-corrected chi connectivity index (χ2v) is 9.71. The van der Waals surface area contributed by atoms with Crippen molar-refractivity contribution in [2.75, 3.05) is 40.5 Å². The van der Waals surface area contributed by atoms with E-state index in [-0.39, 0.29) is 30.4 Å². The van der Waals surface area contributed by atoms with Crippen molar-refractivity contribution >= 4 is 17.6 Å². The summed E-state index contributed by atoms with van der Waals surface area (Å²) >= 11 is 0. The quantitative estimate of drug-likeness (QED) is 0.497. The lowest BCUT2D eigenvalue weighted by Crippen LogP contribution is -2.43. The van der Waals surface area contributed by atoms with E-state index >= 15 is 0 Å². The number of hydrogen-bond acceptors (Lipinski definition) is 7. The fraction of sp³-hybridized carbons (Fsp3) is 0.483. The predicted octanol–water partition coefficient (Wildman–Crippen LogP) is 4.27. The average Bonchev–Trinajstić information content (AvgIpc) is 3.36. The Hall–Kier alpha value is -3.39. The third-order valence-electron chi connectivity index (χ3n) is 7.37. The summed E-state index contributed by atoms with van der Waals surface area (Å²) in [6.45, 7) is 7.96. The number of benzene rings is 2. The van der Waals surface area contributed by atoms with Crippen molar-refractivity contribution in [3.8, 4) is 11.5 Å². The number of piperidine rings is 1. The summed E-state index contributed by atoms with van der Waals surface area (Å²) in [5.41, 5.74) is 5.14. The molecular weight excluding hydrogens is 470 g/mol. The van der Waals surface area contributed by atoms with Crippen molar-refractivity contribution in [3.63, 3.8) is 0 Å². The Bertz CT molecular complexity index is 1170. The molecule has 198 valence electrons. The molecule has 1 saturated heterocycles. The molecule has 2 heterocycles. The molecule has 37 heavy (non-hydrogen) atoms. The number of ether oxygens (including phenoxy) is 3. The molecule has 2 aromatic rings. The predicted molar refractivity (Wildman–Crippen MR) is 142 cm³/mol. The third-order valence-corrected chi connectivity index (χ3v) is 7.37. The van der Waals surface area contributed by atoms with Gasteiger partial charge in [-0.2, -0.15) is 5.10 Å². The lowest BCUT2D eigenvalue weighted by molar-refractivity contribution is -0.149. The second kappa shape index (κ2) is 11.8. The fourth-order valence-corrected chi connectivity index (χ4v) is 5.03. The van der Waals surface area contributed by atoms with Crippen molar-refractivity contribution in [1.29, 1.82) is 0 Å². The molecule has 8 nitrogen and oxygen atoms in total. The summed E-state index contributed by atoms with van der Waals surface area (Å²) in [6, 6.07) is 11.6. The molecule has 0 saturated carbocycles. The van der Waals surface area contributed by atoms with Crippen LogP contribution in [-0.4, -0.2) is 68.0 Å². The van der Waals surface area contributed by atoms with Gasteiger partial charge in [0.1, 0.15) is 11.5 Å². The highest BCUT2D eigenvalue weighted by Crippen LogP contribution is 2.39. The monoisotopic (exact) mass is 507 g/mol. The Labute approximate surface area is 219 Å². The largest absolute Gasteiger partial charge is 0.497 e. The number of hydrogen-bond donors (Lipinski definition) is 0. The van der Waals surface area contributed by atoms with Crippen LogP contribution in [0.25, 0.3) is 0 Å². The van der Waals surface area contributed by atoms with Gasteiger partial charge < -0.3 is 14.2 Å². The fourth-order valence-electron chi connectivity index (χ4n) is 5.03. The average molecular weight is 508 g/mol. The van der Waals surface area contributed by atoms with Gasteiger partial charge in [-0.1, -0.05) is 12.1 Å². The van der Waals surface area contributed by atoms with Gasteiger partial charge in [-0.3, -0.25) is 14.5 Å².